The van der Waals surface area contributed by atoms with Gasteiger partial charge >= 0.3 is 5.97 Å². The summed E-state index contributed by atoms with van der Waals surface area (Å²) in [6.45, 7) is 0.530. The third kappa shape index (κ3) is 5.58. The number of aromatic nitrogens is 2. The van der Waals surface area contributed by atoms with E-state index in [9.17, 15) is 14.0 Å². The predicted molar refractivity (Wildman–Crippen MR) is 137 cm³/mol. The zero-order valence-corrected chi connectivity index (χ0v) is 20.1. The summed E-state index contributed by atoms with van der Waals surface area (Å²) in [7, 11) is 0. The number of fused-ring (bicyclic) bond motifs is 2. The number of carboxylic acids is 1. The number of aliphatic carboxylic acids is 1. The van der Waals surface area contributed by atoms with Gasteiger partial charge < -0.3 is 15.2 Å². The number of carbonyl (C=O) groups excluding carboxylic acids is 1. The Balaban J connectivity index is 1.43. The fourth-order valence-corrected chi connectivity index (χ4v) is 4.55. The third-order valence-electron chi connectivity index (χ3n) is 6.43. The van der Waals surface area contributed by atoms with Crippen LogP contribution in [0.25, 0.3) is 22.3 Å². The highest BCUT2D eigenvalue weighted by Crippen LogP contribution is 2.32. The van der Waals surface area contributed by atoms with Crippen LogP contribution >= 0.6 is 0 Å². The number of hydrogen-bond donors (Lipinski definition) is 2. The van der Waals surface area contributed by atoms with E-state index in [-0.39, 0.29) is 24.2 Å². The minimum Gasteiger partial charge on any atom is -0.493 e. The molecule has 0 fully saturated rings. The number of benzene rings is 3. The first-order valence-corrected chi connectivity index (χ1v) is 12.3. The molecule has 1 aliphatic heterocycles. The van der Waals surface area contributed by atoms with Gasteiger partial charge in [-0.2, -0.15) is 0 Å². The number of unbranched alkanes of at least 4 members (excludes halogenated alkanes) is 1. The fraction of sp³-hybridized carbons (Fsp3) is 0.241. The Morgan fingerprint density at radius 2 is 1.81 bits per heavy atom. The monoisotopic (exact) mass is 499 g/mol. The first-order valence-electron chi connectivity index (χ1n) is 12.3. The van der Waals surface area contributed by atoms with E-state index in [2.05, 4.69) is 5.32 Å². The van der Waals surface area contributed by atoms with Gasteiger partial charge in [0, 0.05) is 29.5 Å². The van der Waals surface area contributed by atoms with Crippen LogP contribution in [0.5, 0.6) is 5.75 Å². The van der Waals surface area contributed by atoms with Crippen LogP contribution in [0.3, 0.4) is 0 Å². The molecule has 3 aromatic carbocycles. The Kier molecular flexibility index (Phi) is 7.07. The molecular weight excluding hydrogens is 473 g/mol. The summed E-state index contributed by atoms with van der Waals surface area (Å²) in [5, 5.41) is 12.1. The van der Waals surface area contributed by atoms with E-state index in [0.717, 1.165) is 16.9 Å². The Hall–Kier alpha value is -4.33. The molecule has 0 spiro atoms. The molecule has 7 nitrogen and oxygen atoms in total. The number of nitrogens with zero attached hydrogens (tertiary/aromatic N) is 2. The van der Waals surface area contributed by atoms with Crippen molar-refractivity contribution in [1.29, 1.82) is 0 Å². The second kappa shape index (κ2) is 10.7. The van der Waals surface area contributed by atoms with Gasteiger partial charge in [0.2, 0.25) is 0 Å². The van der Waals surface area contributed by atoms with Gasteiger partial charge in [-0.1, -0.05) is 18.2 Å². The molecular formula is C29H26FN3O4. The molecule has 5 rings (SSSR count). The highest BCUT2D eigenvalue weighted by atomic mass is 19.1. The van der Waals surface area contributed by atoms with Crippen molar-refractivity contribution < 1.29 is 23.8 Å². The van der Waals surface area contributed by atoms with Crippen LogP contribution in [0.2, 0.25) is 0 Å². The van der Waals surface area contributed by atoms with Crippen molar-refractivity contribution in [3.05, 3.63) is 89.4 Å². The van der Waals surface area contributed by atoms with Crippen LogP contribution in [0.4, 0.5) is 4.39 Å². The van der Waals surface area contributed by atoms with Crippen molar-refractivity contribution in [2.24, 2.45) is 0 Å². The Morgan fingerprint density at radius 1 is 1.00 bits per heavy atom. The molecule has 188 valence electrons. The quantitative estimate of drug-likeness (QED) is 0.311. The molecule has 8 heteroatoms. The number of rotatable bonds is 8. The zero-order valence-electron chi connectivity index (χ0n) is 20.1. The van der Waals surface area contributed by atoms with Crippen molar-refractivity contribution in [2.75, 3.05) is 6.61 Å². The Labute approximate surface area is 213 Å². The van der Waals surface area contributed by atoms with Crippen molar-refractivity contribution in [3.63, 3.8) is 0 Å². The van der Waals surface area contributed by atoms with E-state index >= 15 is 0 Å². The molecule has 0 bridgehead atoms. The summed E-state index contributed by atoms with van der Waals surface area (Å²) in [4.78, 5) is 33.7. The number of nitrogens with one attached hydrogen (secondary N) is 1. The van der Waals surface area contributed by atoms with E-state index in [0.29, 0.717) is 60.3 Å². The Bertz CT molecular complexity index is 1460. The van der Waals surface area contributed by atoms with Crippen LogP contribution in [0.15, 0.2) is 66.7 Å². The van der Waals surface area contributed by atoms with E-state index in [1.807, 2.05) is 24.3 Å². The first kappa shape index (κ1) is 24.4. The summed E-state index contributed by atoms with van der Waals surface area (Å²) < 4.78 is 19.2. The van der Waals surface area contributed by atoms with E-state index in [1.165, 1.54) is 12.1 Å². The first-order chi connectivity index (χ1) is 18.0. The van der Waals surface area contributed by atoms with Gasteiger partial charge in [-0.25, -0.2) is 14.4 Å². The molecule has 1 aliphatic rings. The van der Waals surface area contributed by atoms with Gasteiger partial charge in [0.05, 0.1) is 35.1 Å². The zero-order chi connectivity index (χ0) is 25.8. The number of halogens is 1. The highest BCUT2D eigenvalue weighted by Gasteiger charge is 2.23. The summed E-state index contributed by atoms with van der Waals surface area (Å²) in [5.41, 5.74) is 4.64. The lowest BCUT2D eigenvalue weighted by Crippen LogP contribution is -2.32. The number of para-hydroxylation sites is 1. The summed E-state index contributed by atoms with van der Waals surface area (Å²) >= 11 is 0. The van der Waals surface area contributed by atoms with Gasteiger partial charge in [0.15, 0.2) is 0 Å². The minimum atomic E-state index is -0.842. The molecule has 1 amide bonds. The molecule has 2 heterocycles. The molecule has 0 saturated heterocycles. The molecule has 0 unspecified atom stereocenters. The molecule has 0 saturated carbocycles. The summed E-state index contributed by atoms with van der Waals surface area (Å²) in [5.74, 6) is -0.616. The number of ether oxygens (including phenoxy) is 1. The van der Waals surface area contributed by atoms with Crippen molar-refractivity contribution in [3.8, 4) is 17.0 Å². The van der Waals surface area contributed by atoms with E-state index in [1.54, 1.807) is 30.3 Å². The van der Waals surface area contributed by atoms with Gasteiger partial charge in [0.1, 0.15) is 11.6 Å². The summed E-state index contributed by atoms with van der Waals surface area (Å²) in [6, 6.07) is 18.8. The van der Waals surface area contributed by atoms with Gasteiger partial charge in [0.25, 0.3) is 5.91 Å². The van der Waals surface area contributed by atoms with E-state index in [4.69, 9.17) is 19.8 Å². The number of hydrogen-bond acceptors (Lipinski definition) is 5. The maximum absolute atomic E-state index is 13.5. The molecule has 2 N–H and O–H groups in total. The van der Waals surface area contributed by atoms with Gasteiger partial charge in [-0.05, 0) is 67.8 Å². The smallest absolute Gasteiger partial charge is 0.303 e. The van der Waals surface area contributed by atoms with Crippen molar-refractivity contribution in [2.45, 2.75) is 38.1 Å². The maximum atomic E-state index is 13.5. The average Bonchev–Trinajstić information content (AvgIpc) is 2.91. The molecule has 37 heavy (non-hydrogen) atoms. The predicted octanol–water partition coefficient (Wildman–Crippen LogP) is 5.49. The number of aryl methyl sites for hydroxylation is 1. The molecule has 4 aromatic rings. The second-order valence-electron chi connectivity index (χ2n) is 9.03. The van der Waals surface area contributed by atoms with E-state index < -0.39 is 5.97 Å². The van der Waals surface area contributed by atoms with Crippen LogP contribution in [0, 0.1) is 5.82 Å². The Morgan fingerprint density at radius 3 is 2.62 bits per heavy atom. The molecule has 0 radical (unpaired) electrons. The number of carbonyl (C=O) groups is 2. The van der Waals surface area contributed by atoms with Crippen LogP contribution in [-0.4, -0.2) is 33.6 Å². The maximum Gasteiger partial charge on any atom is 0.303 e. The van der Waals surface area contributed by atoms with Gasteiger partial charge in [-0.3, -0.25) is 9.59 Å². The SMILES string of the molecule is O=C(O)CCCCc1nc2cc(C(=O)N[C@@H]3CCOc4ccccc43)ccc2nc1-c1ccc(F)cc1. The third-order valence-corrected chi connectivity index (χ3v) is 6.43. The molecule has 0 aliphatic carbocycles. The van der Waals surface area contributed by atoms with Crippen LogP contribution < -0.4 is 10.1 Å². The largest absolute Gasteiger partial charge is 0.493 e. The molecule has 1 atom stereocenters. The van der Waals surface area contributed by atoms with Crippen molar-refractivity contribution in [1.82, 2.24) is 15.3 Å². The highest BCUT2D eigenvalue weighted by molar-refractivity contribution is 5.97. The van der Waals surface area contributed by atoms with Gasteiger partial charge in [-0.15, -0.1) is 0 Å². The minimum absolute atomic E-state index is 0.0759. The number of amides is 1. The number of carboxylic acid groups (broad SMARTS) is 1. The lowest BCUT2D eigenvalue weighted by molar-refractivity contribution is -0.137. The average molecular weight is 500 g/mol. The summed E-state index contributed by atoms with van der Waals surface area (Å²) in [6.07, 6.45) is 2.39. The topological polar surface area (TPSA) is 101 Å². The lowest BCUT2D eigenvalue weighted by atomic mass is 10.00. The molecule has 1 aromatic heterocycles. The van der Waals surface area contributed by atoms with Crippen LogP contribution in [-0.2, 0) is 11.2 Å². The normalized spacial score (nSPS) is 14.6. The second-order valence-corrected chi connectivity index (χ2v) is 9.03. The fourth-order valence-electron chi connectivity index (χ4n) is 4.55. The van der Waals surface area contributed by atoms with Crippen molar-refractivity contribution >= 4 is 22.9 Å². The lowest BCUT2D eigenvalue weighted by Gasteiger charge is -2.26. The standard InChI is InChI=1S/C29H26FN3O4/c30-20-12-9-18(10-13-20)28-24(6-2-4-8-27(34)35)31-25-17-19(11-14-23(25)32-28)29(36)33-22-15-16-37-26-7-3-1-5-21(22)26/h1,3,5,7,9-14,17,22H,2,4,6,8,15-16H2,(H,33,36)(H,34,35)/t22-/m1/s1. The van der Waals surface area contributed by atoms with Crippen LogP contribution in [0.1, 0.15) is 53.3 Å².